The molecule has 116 heavy (non-hydrogen) atoms. The van der Waals surface area contributed by atoms with E-state index in [9.17, 15) is 57.5 Å². The number of hydrogen-bond donors (Lipinski definition) is 8. The van der Waals surface area contributed by atoms with Gasteiger partial charge in [0.25, 0.3) is 17.7 Å². The molecule has 3 rings (SSSR count). The number of thiazole rings is 1. The number of nitrogens with zero attached hydrogens (tertiary/aromatic N) is 4. The molecule has 1 aromatic heterocycles. The molecule has 35 nitrogen and oxygen atoms in total. The van der Waals surface area contributed by atoms with Crippen LogP contribution in [0.2, 0.25) is 0 Å². The highest BCUT2D eigenvalue weighted by molar-refractivity contribution is 7.09. The summed E-state index contributed by atoms with van der Waals surface area (Å²) in [5.41, 5.74) is 0.0426. The summed E-state index contributed by atoms with van der Waals surface area (Å²) in [6, 6.07) is 4.05. The first-order valence-corrected chi connectivity index (χ1v) is 41.0. The Balaban J connectivity index is 1.43. The van der Waals surface area contributed by atoms with Crippen molar-refractivity contribution >= 4 is 82.3 Å². The normalized spacial score (nSPS) is 14.5. The lowest BCUT2D eigenvalue weighted by atomic mass is 9.92. The first-order chi connectivity index (χ1) is 55.4. The fourth-order valence-corrected chi connectivity index (χ4v) is 12.2. The second-order valence-corrected chi connectivity index (χ2v) is 30.1. The molecule has 2 aromatic rings. The van der Waals surface area contributed by atoms with Crippen LogP contribution in [0.3, 0.4) is 0 Å². The maximum atomic E-state index is 14.4. The minimum absolute atomic E-state index is 0.00337. The molecule has 0 bridgehead atoms. The monoisotopic (exact) mass is 1660 g/mol. The fraction of sp³-hybridized carbons (Fsp3) is 0.713. The fourth-order valence-electron chi connectivity index (χ4n) is 11.4. The zero-order chi connectivity index (χ0) is 85.8. The number of rotatable bonds is 66. The van der Waals surface area contributed by atoms with Gasteiger partial charge in [-0.15, -0.1) is 11.3 Å². The van der Waals surface area contributed by atoms with E-state index in [-0.39, 0.29) is 119 Å². The number of hydrogen-bond acceptors (Lipinski definition) is 26. The minimum Gasteiger partial charge on any atom is -0.455 e. The molecule has 0 unspecified atom stereocenters. The van der Waals surface area contributed by atoms with Crippen LogP contribution in [0.1, 0.15) is 148 Å². The Morgan fingerprint density at radius 1 is 0.569 bits per heavy atom. The number of carbonyl (C=O) groups is 12. The Hall–Kier alpha value is -8.01. The van der Waals surface area contributed by atoms with Crippen LogP contribution < -0.4 is 42.5 Å². The molecule has 0 spiro atoms. The van der Waals surface area contributed by atoms with Crippen molar-refractivity contribution in [1.82, 2.24) is 62.2 Å². The zero-order valence-electron chi connectivity index (χ0n) is 70.6. The lowest BCUT2D eigenvalue weighted by Crippen LogP contribution is -2.60. The van der Waals surface area contributed by atoms with Gasteiger partial charge in [-0.1, -0.05) is 71.4 Å². The van der Waals surface area contributed by atoms with Gasteiger partial charge >= 0.3 is 5.97 Å². The first kappa shape index (κ1) is 102. The van der Waals surface area contributed by atoms with Crippen molar-refractivity contribution < 1.29 is 110 Å². The maximum absolute atomic E-state index is 14.4. The number of aromatic nitrogens is 1. The van der Waals surface area contributed by atoms with Crippen LogP contribution in [0, 0.1) is 17.8 Å². The molecule has 0 saturated heterocycles. The van der Waals surface area contributed by atoms with Crippen LogP contribution in [0.15, 0.2) is 47.9 Å². The van der Waals surface area contributed by atoms with E-state index in [1.165, 1.54) is 20.8 Å². The zero-order valence-corrected chi connectivity index (χ0v) is 71.4. The smallest absolute Gasteiger partial charge is 0.303 e. The van der Waals surface area contributed by atoms with Crippen molar-refractivity contribution in [2.75, 3.05) is 180 Å². The summed E-state index contributed by atoms with van der Waals surface area (Å²) in [4.78, 5) is 168. The van der Waals surface area contributed by atoms with Crippen molar-refractivity contribution in [2.24, 2.45) is 17.8 Å². The number of carbonyl (C=O) groups excluding carboxylic acids is 12. The number of imide groups is 1. The Kier molecular flexibility index (Phi) is 51.8. The number of nitrogens with one attached hydrogen (secondary N) is 8. The van der Waals surface area contributed by atoms with Crippen molar-refractivity contribution in [3.05, 3.63) is 64.1 Å². The number of ether oxygens (including phenoxy) is 11. The molecule has 0 saturated carbocycles. The minimum atomic E-state index is -1.19. The number of amides is 11. The molecular formula is C80H132N12O23S. The summed E-state index contributed by atoms with van der Waals surface area (Å²) < 4.78 is 60.0. The van der Waals surface area contributed by atoms with Crippen LogP contribution in [-0.4, -0.2) is 312 Å². The average Bonchev–Trinajstić information content (AvgIpc) is 1.14. The van der Waals surface area contributed by atoms with Gasteiger partial charge in [0.2, 0.25) is 47.3 Å². The molecule has 1 aromatic carbocycles. The van der Waals surface area contributed by atoms with Gasteiger partial charge in [-0.25, -0.2) is 4.98 Å². The van der Waals surface area contributed by atoms with E-state index in [4.69, 9.17) is 52.1 Å². The van der Waals surface area contributed by atoms with Crippen molar-refractivity contribution in [2.45, 2.75) is 175 Å². The number of esters is 1. The van der Waals surface area contributed by atoms with E-state index < -0.39 is 101 Å². The van der Waals surface area contributed by atoms with Crippen LogP contribution in [0.5, 0.6) is 0 Å². The molecule has 656 valence electrons. The largest absolute Gasteiger partial charge is 0.455 e. The summed E-state index contributed by atoms with van der Waals surface area (Å²) in [6.07, 6.45) is 3.44. The van der Waals surface area contributed by atoms with Crippen LogP contribution in [0.4, 0.5) is 0 Å². The highest BCUT2D eigenvalue weighted by Gasteiger charge is 2.39. The topological polar surface area (TPSA) is 425 Å². The van der Waals surface area contributed by atoms with Gasteiger partial charge in [0.05, 0.1) is 124 Å². The Morgan fingerprint density at radius 3 is 1.59 bits per heavy atom. The second kappa shape index (κ2) is 58.8. The van der Waals surface area contributed by atoms with E-state index in [1.54, 1.807) is 64.2 Å². The van der Waals surface area contributed by atoms with Crippen molar-refractivity contribution in [1.29, 1.82) is 0 Å². The van der Waals surface area contributed by atoms with Crippen molar-refractivity contribution in [3.8, 4) is 0 Å². The highest BCUT2D eigenvalue weighted by atomic mass is 32.1. The van der Waals surface area contributed by atoms with E-state index >= 15 is 0 Å². The number of benzene rings is 1. The van der Waals surface area contributed by atoms with Gasteiger partial charge < -0.3 is 99.5 Å². The van der Waals surface area contributed by atoms with Gasteiger partial charge in [0.1, 0.15) is 41.5 Å². The number of unbranched alkanes of at least 4 members (excludes halogenated alkanes) is 1. The number of methoxy groups -OCH3 is 1. The molecular weight excluding hydrogens is 1530 g/mol. The lowest BCUT2D eigenvalue weighted by Gasteiger charge is -2.38. The van der Waals surface area contributed by atoms with Gasteiger partial charge in [-0.3, -0.25) is 67.3 Å². The molecule has 36 heteroatoms. The van der Waals surface area contributed by atoms with Crippen LogP contribution in [0.25, 0.3) is 0 Å². The molecule has 9 atom stereocenters. The summed E-state index contributed by atoms with van der Waals surface area (Å²) in [5.74, 6) is -7.03. The molecule has 0 aliphatic carbocycles. The predicted octanol–water partition coefficient (Wildman–Crippen LogP) is 2.37. The third kappa shape index (κ3) is 41.9. The number of likely N-dealkylation sites (N-methyl/N-ethyl adjacent to an activating group) is 2. The standard InChI is InChI=1S/C80H132N12O23S/c1-15-56(4)71(89-79(104)80(9,10)90(11)12)78(103)91(13)65(55(2)3)52-66(115-60(8)93)77-88-64(54-116-77)76(102)86-62(51-61-22-17-16-18-23-61)50-57(5)72(98)82-29-30-83-73(99)58(6)84-74(100)59(7)85-75(101)63(87-67(94)25-21-31-92-69(96)26-27-70(92)97)24-19-20-28-81-68(95)53-114-49-48-113-47-46-112-45-44-111-43-42-110-41-40-109-39-38-108-37-36-107-35-34-106-33-32-105-14/h16-18,22-23,26-27,54-59,62-63,65-66,71H,15,19-21,24-25,28-53H2,1-14H3,(H,81,95)(H,82,98)(H,83,99)(H,84,100)(H,85,101)(H,86,102)(H,87,94)(H,89,104)/t56-,57-,58-,59-,62+,63-,65+,66+,71-/m0/s1. The van der Waals surface area contributed by atoms with Gasteiger partial charge in [-0.05, 0) is 97.7 Å². The molecule has 2 heterocycles. The molecule has 0 fully saturated rings. The SMILES string of the molecule is CC[C@H](C)[C@H](NC(=O)C(C)(C)N(C)C)C(=O)N(C)[C@H](C[C@@H](OC(C)=O)c1nc(C(=O)N[C@@H](Cc2ccccc2)C[C@H](C)C(=O)NCCNC(=O)[C@H](C)NC(=O)[C@H](C)NC(=O)[C@H](CCCCNC(=O)COCCOCCOCCOCCOCCOCCOCCOCCOCCOC)NC(=O)CCCN2C(=O)C=CC2=O)cs1)C(C)C. The van der Waals surface area contributed by atoms with Gasteiger partial charge in [0, 0.05) is 95.6 Å². The Morgan fingerprint density at radius 2 is 1.08 bits per heavy atom. The molecule has 8 N–H and O–H groups in total. The molecule has 1 aliphatic rings. The third-order valence-corrected chi connectivity index (χ3v) is 20.0. The maximum Gasteiger partial charge on any atom is 0.303 e. The Labute approximate surface area is 687 Å². The van der Waals surface area contributed by atoms with E-state index in [0.29, 0.717) is 136 Å². The highest BCUT2D eigenvalue weighted by Crippen LogP contribution is 2.31. The summed E-state index contributed by atoms with van der Waals surface area (Å²) in [6.45, 7) is 24.6. The Bertz CT molecular complexity index is 3280. The first-order valence-electron chi connectivity index (χ1n) is 40.1. The summed E-state index contributed by atoms with van der Waals surface area (Å²) in [5, 5.41) is 24.1. The summed E-state index contributed by atoms with van der Waals surface area (Å²) >= 11 is 1.13. The van der Waals surface area contributed by atoms with Gasteiger partial charge in [-0.2, -0.15) is 0 Å². The molecule has 0 radical (unpaired) electrons. The average molecular weight is 1660 g/mol. The van der Waals surface area contributed by atoms with Crippen molar-refractivity contribution in [3.63, 3.8) is 0 Å². The van der Waals surface area contributed by atoms with E-state index in [1.807, 2.05) is 58.0 Å². The molecule has 1 aliphatic heterocycles. The second-order valence-electron chi connectivity index (χ2n) is 29.2. The predicted molar refractivity (Wildman–Crippen MR) is 431 cm³/mol. The third-order valence-electron chi connectivity index (χ3n) is 19.0. The van der Waals surface area contributed by atoms with E-state index in [2.05, 4.69) is 47.5 Å². The van der Waals surface area contributed by atoms with Gasteiger partial charge in [0.15, 0.2) is 6.10 Å². The van der Waals surface area contributed by atoms with Crippen LogP contribution >= 0.6 is 11.3 Å². The quantitative estimate of drug-likeness (QED) is 0.0268. The van der Waals surface area contributed by atoms with Crippen LogP contribution in [-0.2, 0) is 111 Å². The van der Waals surface area contributed by atoms with E-state index in [0.717, 1.165) is 34.0 Å². The molecule has 11 amide bonds. The lowest BCUT2D eigenvalue weighted by molar-refractivity contribution is -0.149. The summed E-state index contributed by atoms with van der Waals surface area (Å²) in [7, 11) is 6.88.